The number of para-hydroxylation sites is 1. The van der Waals surface area contributed by atoms with Gasteiger partial charge in [-0.25, -0.2) is 0 Å². The fraction of sp³-hybridized carbons (Fsp3) is 0. The molecule has 0 amide bonds. The summed E-state index contributed by atoms with van der Waals surface area (Å²) in [5.74, 6) is 0.412. The first-order chi connectivity index (χ1) is 8.31. The average Bonchev–Trinajstić information content (AvgIpc) is 2.36. The van der Waals surface area contributed by atoms with Gasteiger partial charge in [-0.2, -0.15) is 0 Å². The van der Waals surface area contributed by atoms with Crippen molar-refractivity contribution in [2.24, 2.45) is 0 Å². The van der Waals surface area contributed by atoms with E-state index in [9.17, 15) is 9.59 Å². The molecule has 81 valence electrons. The summed E-state index contributed by atoms with van der Waals surface area (Å²) in [5.41, 5.74) is 0.910. The number of carbonyl (C=O) groups excluding carboxylic acids is 1. The molecular weight excluding hydrogens is 216 g/mol. The summed E-state index contributed by atoms with van der Waals surface area (Å²) in [5, 5.41) is 0.610. The zero-order chi connectivity index (χ0) is 11.8. The van der Waals surface area contributed by atoms with Gasteiger partial charge < -0.3 is 4.42 Å². The van der Waals surface area contributed by atoms with Crippen molar-refractivity contribution < 1.29 is 9.21 Å². The highest BCUT2D eigenvalue weighted by Crippen LogP contribution is 2.29. The van der Waals surface area contributed by atoms with Gasteiger partial charge in [-0.15, -0.1) is 0 Å². The van der Waals surface area contributed by atoms with Gasteiger partial charge in [-0.3, -0.25) is 9.59 Å². The lowest BCUT2D eigenvalue weighted by atomic mass is 10.0. The van der Waals surface area contributed by atoms with Crippen LogP contribution in [0.15, 0.2) is 51.7 Å². The fourth-order valence-corrected chi connectivity index (χ4v) is 1.96. The van der Waals surface area contributed by atoms with Crippen LogP contribution in [0.3, 0.4) is 0 Å². The van der Waals surface area contributed by atoms with Crippen LogP contribution in [0.25, 0.3) is 22.3 Å². The van der Waals surface area contributed by atoms with Gasteiger partial charge in [0.05, 0.1) is 11.1 Å². The van der Waals surface area contributed by atoms with Crippen molar-refractivity contribution >= 4 is 17.3 Å². The summed E-state index contributed by atoms with van der Waals surface area (Å²) in [7, 11) is 0. The van der Waals surface area contributed by atoms with Crippen LogP contribution in [0.4, 0.5) is 0 Å². The van der Waals surface area contributed by atoms with Crippen LogP contribution in [0, 0.1) is 0 Å². The van der Waals surface area contributed by atoms with E-state index in [2.05, 4.69) is 0 Å². The largest absolute Gasteiger partial charge is 0.456 e. The molecule has 1 aromatic rings. The Morgan fingerprint density at radius 1 is 1.00 bits per heavy atom. The second-order valence-corrected chi connectivity index (χ2v) is 3.70. The molecular formula is C14H7O3. The number of benzene rings is 2. The first kappa shape index (κ1) is 9.78. The Balaban J connectivity index is 2.64. The number of fused-ring (bicyclic) bond motifs is 2. The fourth-order valence-electron chi connectivity index (χ4n) is 1.96. The molecule has 0 spiro atoms. The minimum Gasteiger partial charge on any atom is -0.456 e. The molecule has 2 aliphatic rings. The summed E-state index contributed by atoms with van der Waals surface area (Å²) >= 11 is 0. The molecule has 0 bridgehead atoms. The van der Waals surface area contributed by atoms with E-state index >= 15 is 0 Å². The van der Waals surface area contributed by atoms with Gasteiger partial charge in [0.2, 0.25) is 6.29 Å². The maximum absolute atomic E-state index is 11.8. The maximum atomic E-state index is 11.8. The number of hydrogen-bond acceptors (Lipinski definition) is 3. The molecule has 1 aliphatic carbocycles. The predicted molar refractivity (Wildman–Crippen MR) is 63.9 cm³/mol. The Bertz CT molecular complexity index is 740. The number of hydrogen-bond donors (Lipinski definition) is 0. The topological polar surface area (TPSA) is 47.3 Å². The Morgan fingerprint density at radius 2 is 1.82 bits per heavy atom. The SMILES string of the molecule is O=[C]c1c2c(=O)cccc-2oc2ccccc12. The average molecular weight is 223 g/mol. The summed E-state index contributed by atoms with van der Waals surface area (Å²) in [6.45, 7) is 0. The van der Waals surface area contributed by atoms with Crippen molar-refractivity contribution in [3.63, 3.8) is 0 Å². The van der Waals surface area contributed by atoms with Crippen molar-refractivity contribution in [2.75, 3.05) is 0 Å². The van der Waals surface area contributed by atoms with Gasteiger partial charge in [0, 0.05) is 5.39 Å². The van der Waals surface area contributed by atoms with Crippen LogP contribution < -0.4 is 5.43 Å². The Hall–Kier alpha value is -2.42. The molecule has 0 saturated heterocycles. The van der Waals surface area contributed by atoms with E-state index in [0.717, 1.165) is 0 Å². The second-order valence-electron chi connectivity index (χ2n) is 3.70. The third-order valence-corrected chi connectivity index (χ3v) is 2.72. The zero-order valence-electron chi connectivity index (χ0n) is 8.77. The molecule has 0 fully saturated rings. The molecule has 0 unspecified atom stereocenters. The van der Waals surface area contributed by atoms with E-state index in [4.69, 9.17) is 4.42 Å². The summed E-state index contributed by atoms with van der Waals surface area (Å²) in [6.07, 6.45) is 1.84. The molecule has 1 radical (unpaired) electrons. The molecule has 0 N–H and O–H groups in total. The van der Waals surface area contributed by atoms with Gasteiger partial charge >= 0.3 is 0 Å². The molecule has 3 heteroatoms. The zero-order valence-corrected chi connectivity index (χ0v) is 8.77. The Kier molecular flexibility index (Phi) is 2.05. The molecule has 0 saturated carbocycles. The quantitative estimate of drug-likeness (QED) is 0.595. The third kappa shape index (κ3) is 1.36. The lowest BCUT2D eigenvalue weighted by Gasteiger charge is -2.08. The van der Waals surface area contributed by atoms with Crippen LogP contribution in [0.5, 0.6) is 0 Å². The van der Waals surface area contributed by atoms with Crippen molar-refractivity contribution in [3.8, 4) is 11.3 Å². The standard InChI is InChI=1S/C14H7O3/c15-8-10-9-4-1-2-6-12(9)17-13-7-3-5-11(16)14(10)13/h1-7H. The highest BCUT2D eigenvalue weighted by molar-refractivity contribution is 6.02. The van der Waals surface area contributed by atoms with Crippen molar-refractivity contribution in [1.82, 2.24) is 0 Å². The lowest BCUT2D eigenvalue weighted by Crippen LogP contribution is -2.07. The van der Waals surface area contributed by atoms with Gasteiger partial charge in [0.25, 0.3) is 0 Å². The molecule has 1 aliphatic heterocycles. The molecule has 3 rings (SSSR count). The smallest absolute Gasteiger partial charge is 0.235 e. The second kappa shape index (κ2) is 3.56. The van der Waals surface area contributed by atoms with Crippen LogP contribution in [0.1, 0.15) is 5.56 Å². The van der Waals surface area contributed by atoms with E-state index in [1.165, 1.54) is 6.07 Å². The van der Waals surface area contributed by atoms with Crippen molar-refractivity contribution in [2.45, 2.75) is 0 Å². The lowest BCUT2D eigenvalue weighted by molar-refractivity contribution is 0.562. The van der Waals surface area contributed by atoms with Crippen LogP contribution in [-0.4, -0.2) is 6.29 Å². The van der Waals surface area contributed by atoms with Crippen LogP contribution in [0.2, 0.25) is 0 Å². The summed E-state index contributed by atoms with van der Waals surface area (Å²) in [6, 6.07) is 11.8. The van der Waals surface area contributed by atoms with Crippen LogP contribution in [-0.2, 0) is 4.79 Å². The minimum atomic E-state index is -0.227. The van der Waals surface area contributed by atoms with E-state index in [0.29, 0.717) is 22.3 Å². The van der Waals surface area contributed by atoms with Gasteiger partial charge in [0.15, 0.2) is 5.43 Å². The Labute approximate surface area is 96.6 Å². The highest BCUT2D eigenvalue weighted by atomic mass is 16.3. The van der Waals surface area contributed by atoms with Gasteiger partial charge in [0.1, 0.15) is 11.3 Å². The monoisotopic (exact) mass is 223 g/mol. The van der Waals surface area contributed by atoms with E-state index in [-0.39, 0.29) is 11.0 Å². The van der Waals surface area contributed by atoms with Gasteiger partial charge in [-0.05, 0) is 18.2 Å². The van der Waals surface area contributed by atoms with Gasteiger partial charge in [-0.1, -0.05) is 24.3 Å². The highest BCUT2D eigenvalue weighted by Gasteiger charge is 2.17. The van der Waals surface area contributed by atoms with E-state index in [1.807, 2.05) is 12.4 Å². The van der Waals surface area contributed by atoms with Crippen LogP contribution >= 0.6 is 0 Å². The molecule has 1 heterocycles. The normalized spacial score (nSPS) is 10.8. The minimum absolute atomic E-state index is 0.227. The van der Waals surface area contributed by atoms with E-state index < -0.39 is 0 Å². The predicted octanol–water partition coefficient (Wildman–Crippen LogP) is 2.36. The first-order valence-corrected chi connectivity index (χ1v) is 5.14. The first-order valence-electron chi connectivity index (χ1n) is 5.14. The molecule has 1 aromatic carbocycles. The molecule has 0 atom stereocenters. The summed E-state index contributed by atoms with van der Waals surface area (Å²) < 4.78 is 5.59. The number of rotatable bonds is 1. The maximum Gasteiger partial charge on any atom is 0.235 e. The molecule has 17 heavy (non-hydrogen) atoms. The van der Waals surface area contributed by atoms with E-state index in [1.54, 1.807) is 30.3 Å². The Morgan fingerprint density at radius 3 is 2.65 bits per heavy atom. The summed E-state index contributed by atoms with van der Waals surface area (Å²) in [4.78, 5) is 22.8. The molecule has 0 aromatic heterocycles. The molecule has 3 nitrogen and oxygen atoms in total. The van der Waals surface area contributed by atoms with Crippen molar-refractivity contribution in [3.05, 3.63) is 58.3 Å². The third-order valence-electron chi connectivity index (χ3n) is 2.72. The van der Waals surface area contributed by atoms with Crippen molar-refractivity contribution in [1.29, 1.82) is 0 Å².